The fourth-order valence-electron chi connectivity index (χ4n) is 4.86. The Hall–Kier alpha value is -2.52. The zero-order chi connectivity index (χ0) is 20.3. The van der Waals surface area contributed by atoms with Crippen LogP contribution in [0.25, 0.3) is 32.6 Å². The predicted octanol–water partition coefficient (Wildman–Crippen LogP) is 7.17. The SMILES string of the molecule is Cc1cc(-c2ncnc3c(CC(C)C)csc23)cc2c1-c1ccccc1C2(C)C. The summed E-state index contributed by atoms with van der Waals surface area (Å²) in [7, 11) is 0. The first-order valence-corrected chi connectivity index (χ1v) is 11.2. The highest BCUT2D eigenvalue weighted by atomic mass is 32.1. The number of aromatic nitrogens is 2. The van der Waals surface area contributed by atoms with E-state index in [0.29, 0.717) is 5.92 Å². The highest BCUT2D eigenvalue weighted by molar-refractivity contribution is 7.17. The molecule has 0 bridgehead atoms. The van der Waals surface area contributed by atoms with Crippen molar-refractivity contribution in [3.8, 4) is 22.4 Å². The molecule has 4 aromatic rings. The second-order valence-electron chi connectivity index (χ2n) is 9.15. The lowest BCUT2D eigenvalue weighted by molar-refractivity contribution is 0.650. The lowest BCUT2D eigenvalue weighted by Crippen LogP contribution is -2.15. The van der Waals surface area contributed by atoms with Crippen molar-refractivity contribution in [2.24, 2.45) is 5.92 Å². The molecule has 1 aliphatic carbocycles. The van der Waals surface area contributed by atoms with Gasteiger partial charge >= 0.3 is 0 Å². The smallest absolute Gasteiger partial charge is 0.116 e. The van der Waals surface area contributed by atoms with Crippen LogP contribution < -0.4 is 0 Å². The van der Waals surface area contributed by atoms with Crippen molar-refractivity contribution < 1.29 is 0 Å². The summed E-state index contributed by atoms with van der Waals surface area (Å²) in [5.41, 5.74) is 11.6. The zero-order valence-electron chi connectivity index (χ0n) is 17.7. The van der Waals surface area contributed by atoms with Crippen LogP contribution in [-0.4, -0.2) is 9.97 Å². The summed E-state index contributed by atoms with van der Waals surface area (Å²) in [5.74, 6) is 0.618. The van der Waals surface area contributed by atoms with E-state index in [9.17, 15) is 0 Å². The maximum Gasteiger partial charge on any atom is 0.116 e. The second kappa shape index (κ2) is 6.50. The Balaban J connectivity index is 1.72. The van der Waals surface area contributed by atoms with Crippen LogP contribution in [0.5, 0.6) is 0 Å². The number of aryl methyl sites for hydroxylation is 1. The van der Waals surface area contributed by atoms with E-state index in [1.54, 1.807) is 17.7 Å². The summed E-state index contributed by atoms with van der Waals surface area (Å²) in [6, 6.07) is 13.5. The van der Waals surface area contributed by atoms with Crippen LogP contribution in [0.1, 0.15) is 49.9 Å². The normalized spacial score (nSPS) is 14.4. The molecule has 0 saturated heterocycles. The molecule has 2 aromatic carbocycles. The van der Waals surface area contributed by atoms with E-state index in [1.807, 2.05) is 0 Å². The molecule has 0 aliphatic heterocycles. The molecule has 0 spiro atoms. The third-order valence-corrected chi connectivity index (χ3v) is 7.23. The molecule has 0 saturated carbocycles. The predicted molar refractivity (Wildman–Crippen MR) is 124 cm³/mol. The molecule has 0 unspecified atom stereocenters. The highest BCUT2D eigenvalue weighted by Crippen LogP contribution is 2.51. The largest absolute Gasteiger partial charge is 0.235 e. The average Bonchev–Trinajstić information content (AvgIpc) is 3.19. The molecule has 2 heterocycles. The van der Waals surface area contributed by atoms with Crippen molar-refractivity contribution >= 4 is 21.6 Å². The Morgan fingerprint density at radius 3 is 2.62 bits per heavy atom. The summed E-state index contributed by atoms with van der Waals surface area (Å²) >= 11 is 1.78. The zero-order valence-corrected chi connectivity index (χ0v) is 18.5. The van der Waals surface area contributed by atoms with E-state index in [2.05, 4.69) is 81.4 Å². The molecule has 1 aliphatic rings. The van der Waals surface area contributed by atoms with Gasteiger partial charge in [0.25, 0.3) is 0 Å². The van der Waals surface area contributed by atoms with Crippen LogP contribution in [0.3, 0.4) is 0 Å². The fraction of sp³-hybridized carbons (Fsp3) is 0.308. The molecule has 0 atom stereocenters. The molecule has 0 fully saturated rings. The molecular formula is C26H26N2S. The molecular weight excluding hydrogens is 372 g/mol. The van der Waals surface area contributed by atoms with Gasteiger partial charge in [0, 0.05) is 11.0 Å². The van der Waals surface area contributed by atoms with Crippen LogP contribution in [0, 0.1) is 12.8 Å². The Morgan fingerprint density at radius 1 is 1.03 bits per heavy atom. The molecule has 29 heavy (non-hydrogen) atoms. The van der Waals surface area contributed by atoms with Gasteiger partial charge in [0.05, 0.1) is 15.9 Å². The van der Waals surface area contributed by atoms with Gasteiger partial charge in [-0.1, -0.05) is 52.0 Å². The Kier molecular flexibility index (Phi) is 4.15. The highest BCUT2D eigenvalue weighted by Gasteiger charge is 2.36. The van der Waals surface area contributed by atoms with E-state index < -0.39 is 0 Å². The van der Waals surface area contributed by atoms with Gasteiger partial charge in [-0.15, -0.1) is 11.3 Å². The molecule has 0 N–H and O–H groups in total. The summed E-state index contributed by atoms with van der Waals surface area (Å²) in [5, 5.41) is 2.27. The summed E-state index contributed by atoms with van der Waals surface area (Å²) in [4.78, 5) is 9.37. The average molecular weight is 399 g/mol. The maximum absolute atomic E-state index is 4.73. The number of hydrogen-bond donors (Lipinski definition) is 0. The molecule has 0 radical (unpaired) electrons. The van der Waals surface area contributed by atoms with Gasteiger partial charge in [-0.3, -0.25) is 0 Å². The second-order valence-corrected chi connectivity index (χ2v) is 10.0. The molecule has 2 aromatic heterocycles. The first-order chi connectivity index (χ1) is 13.9. The number of thiophene rings is 1. The first-order valence-electron chi connectivity index (χ1n) is 10.3. The minimum absolute atomic E-state index is 0.00288. The summed E-state index contributed by atoms with van der Waals surface area (Å²) in [6.07, 6.45) is 2.79. The quantitative estimate of drug-likeness (QED) is 0.365. The van der Waals surface area contributed by atoms with E-state index in [4.69, 9.17) is 4.98 Å². The van der Waals surface area contributed by atoms with Crippen molar-refractivity contribution in [1.29, 1.82) is 0 Å². The van der Waals surface area contributed by atoms with E-state index in [-0.39, 0.29) is 5.41 Å². The minimum Gasteiger partial charge on any atom is -0.235 e. The molecule has 5 rings (SSSR count). The van der Waals surface area contributed by atoms with Crippen LogP contribution in [0.2, 0.25) is 0 Å². The third-order valence-electron chi connectivity index (χ3n) is 6.21. The lowest BCUT2D eigenvalue weighted by Gasteiger charge is -2.22. The van der Waals surface area contributed by atoms with Gasteiger partial charge in [0.1, 0.15) is 6.33 Å². The number of hydrogen-bond acceptors (Lipinski definition) is 3. The Morgan fingerprint density at radius 2 is 1.83 bits per heavy atom. The lowest BCUT2D eigenvalue weighted by atomic mass is 9.81. The molecule has 2 nitrogen and oxygen atoms in total. The summed E-state index contributed by atoms with van der Waals surface area (Å²) in [6.45, 7) is 11.4. The van der Waals surface area contributed by atoms with Crippen molar-refractivity contribution in [2.45, 2.75) is 46.5 Å². The van der Waals surface area contributed by atoms with Crippen molar-refractivity contribution in [3.63, 3.8) is 0 Å². The van der Waals surface area contributed by atoms with Crippen LogP contribution in [0.4, 0.5) is 0 Å². The van der Waals surface area contributed by atoms with Crippen LogP contribution >= 0.6 is 11.3 Å². The van der Waals surface area contributed by atoms with E-state index in [0.717, 1.165) is 17.6 Å². The number of fused-ring (bicyclic) bond motifs is 4. The first kappa shape index (κ1) is 18.5. The van der Waals surface area contributed by atoms with E-state index in [1.165, 1.54) is 43.6 Å². The number of benzene rings is 2. The monoisotopic (exact) mass is 398 g/mol. The fourth-order valence-corrected chi connectivity index (χ4v) is 5.90. The van der Waals surface area contributed by atoms with E-state index >= 15 is 0 Å². The Labute approximate surface area is 176 Å². The summed E-state index contributed by atoms with van der Waals surface area (Å²) < 4.78 is 1.20. The van der Waals surface area contributed by atoms with Gasteiger partial charge < -0.3 is 0 Å². The topological polar surface area (TPSA) is 25.8 Å². The van der Waals surface area contributed by atoms with Gasteiger partial charge in [-0.25, -0.2) is 9.97 Å². The molecule has 3 heteroatoms. The van der Waals surface area contributed by atoms with Gasteiger partial charge in [-0.2, -0.15) is 0 Å². The Bertz CT molecular complexity index is 1250. The third kappa shape index (κ3) is 2.75. The number of rotatable bonds is 3. The maximum atomic E-state index is 4.73. The van der Waals surface area contributed by atoms with Crippen LogP contribution in [0.15, 0.2) is 48.1 Å². The van der Waals surface area contributed by atoms with Crippen molar-refractivity contribution in [3.05, 3.63) is 70.4 Å². The molecule has 146 valence electrons. The van der Waals surface area contributed by atoms with Gasteiger partial charge in [0.15, 0.2) is 0 Å². The van der Waals surface area contributed by atoms with Crippen molar-refractivity contribution in [2.75, 3.05) is 0 Å². The van der Waals surface area contributed by atoms with Crippen molar-refractivity contribution in [1.82, 2.24) is 9.97 Å². The van der Waals surface area contributed by atoms with Gasteiger partial charge in [-0.05, 0) is 70.2 Å². The van der Waals surface area contributed by atoms with Gasteiger partial charge in [0.2, 0.25) is 0 Å². The van der Waals surface area contributed by atoms with Crippen LogP contribution in [-0.2, 0) is 11.8 Å². The minimum atomic E-state index is -0.00288. The number of nitrogens with zero attached hydrogens (tertiary/aromatic N) is 2. The standard InChI is InChI=1S/C26H26N2S/c1-15(2)10-18-13-29-25-23(27-14-28-24(18)25)17-11-16(3)22-19-8-6-7-9-20(19)26(4,5)21(22)12-17/h6-9,11-15H,10H2,1-5H3. The molecule has 0 amide bonds.